The zero-order chi connectivity index (χ0) is 39.3. The smallest absolute Gasteiger partial charge is 0.245 e. The van der Waals surface area contributed by atoms with E-state index in [1.165, 1.54) is 14.2 Å². The van der Waals surface area contributed by atoms with Crippen LogP contribution < -0.4 is 21.3 Å². The number of likely N-dealkylation sites (tertiary alicyclic amines) is 1. The first-order chi connectivity index (χ1) is 24.5. The van der Waals surface area contributed by atoms with Gasteiger partial charge in [0.2, 0.25) is 29.5 Å². The summed E-state index contributed by atoms with van der Waals surface area (Å²) in [6, 6.07) is 7.09. The van der Waals surface area contributed by atoms with Gasteiger partial charge in [-0.2, -0.15) is 0 Å². The molecule has 0 radical (unpaired) electrons. The average Bonchev–Trinajstić information content (AvgIpc) is 3.62. The quantitative estimate of drug-likeness (QED) is 0.160. The second kappa shape index (κ2) is 20.6. The molecule has 4 N–H and O–H groups in total. The minimum absolute atomic E-state index is 0.0119. The van der Waals surface area contributed by atoms with Crippen molar-refractivity contribution in [1.29, 1.82) is 0 Å². The number of hydrogen-bond donors (Lipinski definition) is 4. The molecule has 8 atom stereocenters. The van der Waals surface area contributed by atoms with Crippen LogP contribution in [0.5, 0.6) is 0 Å². The highest BCUT2D eigenvalue weighted by Gasteiger charge is 2.43. The van der Waals surface area contributed by atoms with Crippen LogP contribution in [0.4, 0.5) is 0 Å². The van der Waals surface area contributed by atoms with E-state index in [9.17, 15) is 24.0 Å². The molecule has 1 saturated heterocycles. The van der Waals surface area contributed by atoms with Crippen molar-refractivity contribution in [3.05, 3.63) is 35.9 Å². The number of amides is 5. The summed E-state index contributed by atoms with van der Waals surface area (Å²) < 4.78 is 11.9. The molecule has 1 aromatic carbocycles. The van der Waals surface area contributed by atoms with Crippen molar-refractivity contribution >= 4 is 29.5 Å². The number of hydrogen-bond acceptors (Lipinski definition) is 8. The van der Waals surface area contributed by atoms with Gasteiger partial charge in [0.1, 0.15) is 12.1 Å². The lowest BCUT2D eigenvalue weighted by Gasteiger charge is -2.41. The molecule has 0 spiro atoms. The second-order valence-corrected chi connectivity index (χ2v) is 15.0. The maximum atomic E-state index is 14.2. The van der Waals surface area contributed by atoms with Crippen molar-refractivity contribution in [2.75, 3.05) is 41.9 Å². The van der Waals surface area contributed by atoms with Crippen LogP contribution in [0.3, 0.4) is 0 Å². The number of rotatable bonds is 20. The number of carbonyl (C=O) groups is 5. The molecule has 52 heavy (non-hydrogen) atoms. The SMILES string of the molecule is CC[C@H](C)[C@@H]([C@@H](CC(=O)N1CCC[C@H]1[C@H](OC)[C@@H](C)C(=O)N[C@@H](Cc1ccccc1)C(=O)NC)OC)N(C)C(=O)[C@@H](NC(=O)C(C)(C)NC)C(C)C. The molecule has 1 fully saturated rings. The summed E-state index contributed by atoms with van der Waals surface area (Å²) in [5, 5.41) is 11.5. The monoisotopic (exact) mass is 730 g/mol. The molecule has 1 aliphatic heterocycles. The molecule has 0 saturated carbocycles. The van der Waals surface area contributed by atoms with Gasteiger partial charge in [0, 0.05) is 41.3 Å². The first kappa shape index (κ1) is 44.6. The van der Waals surface area contributed by atoms with Crippen LogP contribution in [0, 0.1) is 17.8 Å². The van der Waals surface area contributed by atoms with E-state index in [4.69, 9.17) is 9.47 Å². The highest BCUT2D eigenvalue weighted by atomic mass is 16.5. The van der Waals surface area contributed by atoms with Crippen molar-refractivity contribution in [2.24, 2.45) is 17.8 Å². The lowest BCUT2D eigenvalue weighted by molar-refractivity contribution is -0.148. The molecular formula is C39H66N6O7. The zero-order valence-electron chi connectivity index (χ0n) is 33.6. The number of methoxy groups -OCH3 is 2. The van der Waals surface area contributed by atoms with Gasteiger partial charge in [-0.1, -0.05) is 71.4 Å². The zero-order valence-corrected chi connectivity index (χ0v) is 33.6. The van der Waals surface area contributed by atoms with E-state index >= 15 is 0 Å². The number of carbonyl (C=O) groups excluding carboxylic acids is 5. The van der Waals surface area contributed by atoms with Crippen LogP contribution in [-0.2, 0) is 39.9 Å². The van der Waals surface area contributed by atoms with Gasteiger partial charge in [-0.3, -0.25) is 24.0 Å². The molecule has 5 amide bonds. The van der Waals surface area contributed by atoms with Crippen LogP contribution in [0.2, 0.25) is 0 Å². The Morgan fingerprint density at radius 2 is 1.60 bits per heavy atom. The fourth-order valence-electron chi connectivity index (χ4n) is 7.01. The largest absolute Gasteiger partial charge is 0.379 e. The summed E-state index contributed by atoms with van der Waals surface area (Å²) in [4.78, 5) is 71.1. The van der Waals surface area contributed by atoms with Crippen LogP contribution >= 0.6 is 0 Å². The fraction of sp³-hybridized carbons (Fsp3) is 0.718. The Morgan fingerprint density at radius 3 is 2.12 bits per heavy atom. The van der Waals surface area contributed by atoms with E-state index in [1.807, 2.05) is 58.0 Å². The first-order valence-electron chi connectivity index (χ1n) is 18.7. The molecule has 1 aliphatic rings. The summed E-state index contributed by atoms with van der Waals surface area (Å²) in [5.41, 5.74) is 0.0418. The highest BCUT2D eigenvalue weighted by molar-refractivity contribution is 5.92. The lowest BCUT2D eigenvalue weighted by Crippen LogP contribution is -2.61. The Hall–Kier alpha value is -3.55. The molecule has 13 nitrogen and oxygen atoms in total. The molecule has 0 aromatic heterocycles. The summed E-state index contributed by atoms with van der Waals surface area (Å²) in [6.07, 6.45) is 1.20. The molecule has 0 unspecified atom stereocenters. The molecule has 0 bridgehead atoms. The van der Waals surface area contributed by atoms with Crippen molar-refractivity contribution in [3.8, 4) is 0 Å². The molecule has 1 heterocycles. The standard InChI is InChI=1S/C39H66N6O7/c1-13-25(4)33(44(10)37(49)32(24(2)3)43-38(50)39(6,7)41-9)30(51-11)23-31(46)45-21-17-20-29(45)34(52-12)26(5)35(47)42-28(36(48)40-8)22-27-18-15-14-16-19-27/h14-16,18-19,24-26,28-30,32-34,41H,13,17,20-23H2,1-12H3,(H,40,48)(H,42,47)(H,43,50)/t25-,26+,28-,29-,30+,32-,33-,34+/m0/s1. The van der Waals surface area contributed by atoms with Crippen LogP contribution in [0.15, 0.2) is 30.3 Å². The lowest BCUT2D eigenvalue weighted by atomic mass is 9.89. The van der Waals surface area contributed by atoms with Crippen LogP contribution in [0.1, 0.15) is 79.7 Å². The van der Waals surface area contributed by atoms with E-state index in [1.54, 1.807) is 51.8 Å². The van der Waals surface area contributed by atoms with Crippen molar-refractivity contribution < 1.29 is 33.4 Å². The third-order valence-electron chi connectivity index (χ3n) is 10.8. The molecule has 2 rings (SSSR count). The predicted molar refractivity (Wildman–Crippen MR) is 202 cm³/mol. The van der Waals surface area contributed by atoms with Gasteiger partial charge in [-0.05, 0) is 51.1 Å². The van der Waals surface area contributed by atoms with Crippen molar-refractivity contribution in [1.82, 2.24) is 31.1 Å². The van der Waals surface area contributed by atoms with E-state index in [2.05, 4.69) is 21.3 Å². The van der Waals surface area contributed by atoms with Gasteiger partial charge < -0.3 is 40.5 Å². The van der Waals surface area contributed by atoms with E-state index in [0.29, 0.717) is 19.4 Å². The molecular weight excluding hydrogens is 664 g/mol. The molecule has 13 heteroatoms. The third kappa shape index (κ3) is 11.5. The van der Waals surface area contributed by atoms with Crippen LogP contribution in [0.25, 0.3) is 0 Å². The predicted octanol–water partition coefficient (Wildman–Crippen LogP) is 2.52. The number of benzene rings is 1. The minimum Gasteiger partial charge on any atom is -0.379 e. The summed E-state index contributed by atoms with van der Waals surface area (Å²) in [5.74, 6) is -2.23. The number of ether oxygens (including phenoxy) is 2. The highest BCUT2D eigenvalue weighted by Crippen LogP contribution is 2.30. The maximum absolute atomic E-state index is 14.2. The Morgan fingerprint density at radius 1 is 0.962 bits per heavy atom. The van der Waals surface area contributed by atoms with Gasteiger partial charge in [0.05, 0.1) is 42.2 Å². The summed E-state index contributed by atoms with van der Waals surface area (Å²) in [6.45, 7) is 13.6. The number of nitrogens with one attached hydrogen (secondary N) is 4. The van der Waals surface area contributed by atoms with Gasteiger partial charge in [0.25, 0.3) is 0 Å². The van der Waals surface area contributed by atoms with E-state index in [-0.39, 0.29) is 53.8 Å². The van der Waals surface area contributed by atoms with E-state index in [0.717, 1.165) is 18.4 Å². The molecule has 294 valence electrons. The topological polar surface area (TPSA) is 158 Å². The maximum Gasteiger partial charge on any atom is 0.245 e. The summed E-state index contributed by atoms with van der Waals surface area (Å²) in [7, 11) is 8.03. The third-order valence-corrected chi connectivity index (χ3v) is 10.8. The van der Waals surface area contributed by atoms with Gasteiger partial charge in [-0.15, -0.1) is 0 Å². The fourth-order valence-corrected chi connectivity index (χ4v) is 7.01. The molecule has 1 aromatic rings. The van der Waals surface area contributed by atoms with Gasteiger partial charge in [0.15, 0.2) is 0 Å². The Balaban J connectivity index is 2.28. The van der Waals surface area contributed by atoms with Gasteiger partial charge >= 0.3 is 0 Å². The summed E-state index contributed by atoms with van der Waals surface area (Å²) >= 11 is 0. The van der Waals surface area contributed by atoms with E-state index < -0.39 is 41.8 Å². The molecule has 0 aliphatic carbocycles. The Bertz CT molecular complexity index is 1330. The Labute approximate surface area is 311 Å². The second-order valence-electron chi connectivity index (χ2n) is 15.0. The first-order valence-corrected chi connectivity index (χ1v) is 18.7. The number of nitrogens with zero attached hydrogens (tertiary/aromatic N) is 2. The van der Waals surface area contributed by atoms with Crippen molar-refractivity contribution in [3.63, 3.8) is 0 Å². The average molecular weight is 731 g/mol. The normalized spacial score (nSPS) is 18.8. The van der Waals surface area contributed by atoms with Crippen LogP contribution in [-0.4, -0.2) is 123 Å². The van der Waals surface area contributed by atoms with Crippen molar-refractivity contribution in [2.45, 2.75) is 122 Å². The Kier molecular flexibility index (Phi) is 17.7. The minimum atomic E-state index is -0.873. The van der Waals surface area contributed by atoms with Gasteiger partial charge in [-0.25, -0.2) is 0 Å². The number of likely N-dealkylation sites (N-methyl/N-ethyl adjacent to an activating group) is 3.